The molecule has 1 fully saturated rings. The van der Waals surface area contributed by atoms with Crippen LogP contribution in [0.1, 0.15) is 54.9 Å². The maximum absolute atomic E-state index is 6.59. The molecule has 0 aromatic heterocycles. The lowest BCUT2D eigenvalue weighted by Gasteiger charge is -2.33. The first kappa shape index (κ1) is 14.9. The van der Waals surface area contributed by atoms with E-state index in [4.69, 9.17) is 11.6 Å². The highest BCUT2D eigenvalue weighted by molar-refractivity contribution is 6.20. The van der Waals surface area contributed by atoms with Crippen LogP contribution < -0.4 is 0 Å². The van der Waals surface area contributed by atoms with Gasteiger partial charge in [0.25, 0.3) is 0 Å². The molecule has 106 valence electrons. The molecule has 0 heterocycles. The van der Waals surface area contributed by atoms with Crippen molar-refractivity contribution in [3.8, 4) is 0 Å². The third-order valence-electron chi connectivity index (χ3n) is 4.88. The lowest BCUT2D eigenvalue weighted by Crippen LogP contribution is -2.27. The highest BCUT2D eigenvalue weighted by Crippen LogP contribution is 2.37. The van der Waals surface area contributed by atoms with Gasteiger partial charge in [-0.15, -0.1) is 11.6 Å². The SMILES string of the molecule is CCC1CCC(Cl)C(Cc2c(C)cc(C)cc2C)C1. The molecule has 1 aromatic rings. The summed E-state index contributed by atoms with van der Waals surface area (Å²) in [5, 5.41) is 0.378. The summed E-state index contributed by atoms with van der Waals surface area (Å²) in [7, 11) is 0. The van der Waals surface area contributed by atoms with Crippen molar-refractivity contribution < 1.29 is 0 Å². The van der Waals surface area contributed by atoms with E-state index in [0.29, 0.717) is 11.3 Å². The van der Waals surface area contributed by atoms with Crippen molar-refractivity contribution in [2.75, 3.05) is 0 Å². The van der Waals surface area contributed by atoms with Crippen molar-refractivity contribution in [1.82, 2.24) is 0 Å². The van der Waals surface area contributed by atoms with Gasteiger partial charge in [-0.1, -0.05) is 31.0 Å². The molecular weight excluding hydrogens is 252 g/mol. The second-order valence-electron chi connectivity index (χ2n) is 6.44. The Morgan fingerprint density at radius 2 is 1.74 bits per heavy atom. The molecule has 0 nitrogen and oxygen atoms in total. The summed E-state index contributed by atoms with van der Waals surface area (Å²) in [4.78, 5) is 0. The lowest BCUT2D eigenvalue weighted by atomic mass is 9.76. The first-order valence-corrected chi connectivity index (χ1v) is 8.15. The molecule has 0 bridgehead atoms. The maximum Gasteiger partial charge on any atom is 0.0367 e. The molecule has 1 aromatic carbocycles. The van der Waals surface area contributed by atoms with Crippen LogP contribution >= 0.6 is 11.6 Å². The molecule has 1 heteroatoms. The Hall–Kier alpha value is -0.490. The van der Waals surface area contributed by atoms with Crippen molar-refractivity contribution in [2.24, 2.45) is 11.8 Å². The van der Waals surface area contributed by atoms with E-state index in [1.807, 2.05) is 0 Å². The van der Waals surface area contributed by atoms with E-state index in [-0.39, 0.29) is 0 Å². The second kappa shape index (κ2) is 6.31. The topological polar surface area (TPSA) is 0 Å². The molecule has 1 aliphatic carbocycles. The zero-order valence-electron chi connectivity index (χ0n) is 12.8. The van der Waals surface area contributed by atoms with Crippen LogP contribution in [-0.2, 0) is 6.42 Å². The maximum atomic E-state index is 6.59. The summed E-state index contributed by atoms with van der Waals surface area (Å²) in [5.74, 6) is 1.56. The van der Waals surface area contributed by atoms with E-state index in [9.17, 15) is 0 Å². The zero-order valence-corrected chi connectivity index (χ0v) is 13.6. The molecule has 3 unspecified atom stereocenters. The Balaban J connectivity index is 2.15. The minimum atomic E-state index is 0.378. The average Bonchev–Trinajstić information content (AvgIpc) is 2.35. The predicted octanol–water partition coefficient (Wildman–Crippen LogP) is 5.59. The molecule has 0 radical (unpaired) electrons. The Morgan fingerprint density at radius 1 is 1.11 bits per heavy atom. The highest BCUT2D eigenvalue weighted by Gasteiger charge is 2.29. The molecular formula is C18H27Cl. The van der Waals surface area contributed by atoms with Crippen LogP contribution in [0.5, 0.6) is 0 Å². The molecule has 2 rings (SSSR count). The van der Waals surface area contributed by atoms with E-state index in [0.717, 1.165) is 5.92 Å². The summed E-state index contributed by atoms with van der Waals surface area (Å²) >= 11 is 6.59. The lowest BCUT2D eigenvalue weighted by molar-refractivity contribution is 0.264. The molecule has 1 aliphatic rings. The molecule has 3 atom stereocenters. The van der Waals surface area contributed by atoms with Crippen LogP contribution in [0.2, 0.25) is 0 Å². The van der Waals surface area contributed by atoms with Crippen molar-refractivity contribution in [1.29, 1.82) is 0 Å². The normalized spacial score (nSPS) is 27.5. The molecule has 1 saturated carbocycles. The molecule has 0 saturated heterocycles. The number of rotatable bonds is 3. The van der Waals surface area contributed by atoms with Gasteiger partial charge in [-0.25, -0.2) is 0 Å². The number of halogens is 1. The Bertz CT molecular complexity index is 412. The Labute approximate surface area is 123 Å². The smallest absolute Gasteiger partial charge is 0.0367 e. The number of hydrogen-bond acceptors (Lipinski definition) is 0. The van der Waals surface area contributed by atoms with Crippen LogP contribution in [0.15, 0.2) is 12.1 Å². The van der Waals surface area contributed by atoms with Gasteiger partial charge in [-0.05, 0) is 75.0 Å². The predicted molar refractivity (Wildman–Crippen MR) is 85.1 cm³/mol. The third-order valence-corrected chi connectivity index (χ3v) is 5.46. The second-order valence-corrected chi connectivity index (χ2v) is 7.01. The van der Waals surface area contributed by atoms with Crippen LogP contribution in [0, 0.1) is 32.6 Å². The van der Waals surface area contributed by atoms with E-state index < -0.39 is 0 Å². The van der Waals surface area contributed by atoms with E-state index >= 15 is 0 Å². The number of hydrogen-bond donors (Lipinski definition) is 0. The van der Waals surface area contributed by atoms with Crippen molar-refractivity contribution in [3.05, 3.63) is 34.4 Å². The molecule has 0 aliphatic heterocycles. The van der Waals surface area contributed by atoms with Gasteiger partial charge in [-0.3, -0.25) is 0 Å². The third kappa shape index (κ3) is 3.54. The van der Waals surface area contributed by atoms with Gasteiger partial charge in [0.2, 0.25) is 0 Å². The minimum absolute atomic E-state index is 0.378. The van der Waals surface area contributed by atoms with Gasteiger partial charge < -0.3 is 0 Å². The van der Waals surface area contributed by atoms with E-state index in [1.54, 1.807) is 0 Å². The monoisotopic (exact) mass is 278 g/mol. The summed E-state index contributed by atoms with van der Waals surface area (Å²) in [5.41, 5.74) is 5.80. The largest absolute Gasteiger partial charge is 0.123 e. The molecule has 0 amide bonds. The molecule has 0 N–H and O–H groups in total. The first-order chi connectivity index (χ1) is 9.01. The van der Waals surface area contributed by atoms with E-state index in [1.165, 1.54) is 54.4 Å². The standard InChI is InChI=1S/C18H27Cl/c1-5-15-6-7-18(19)16(10-15)11-17-13(3)8-12(2)9-14(17)4/h8-9,15-16,18H,5-7,10-11H2,1-4H3. The summed E-state index contributed by atoms with van der Waals surface area (Å²) in [6.45, 7) is 9.00. The average molecular weight is 279 g/mol. The van der Waals surface area contributed by atoms with Crippen LogP contribution in [0.25, 0.3) is 0 Å². The van der Waals surface area contributed by atoms with Gasteiger partial charge in [0.15, 0.2) is 0 Å². The zero-order chi connectivity index (χ0) is 14.0. The van der Waals surface area contributed by atoms with Crippen molar-refractivity contribution >= 4 is 11.6 Å². The van der Waals surface area contributed by atoms with Crippen LogP contribution in [-0.4, -0.2) is 5.38 Å². The molecule has 0 spiro atoms. The van der Waals surface area contributed by atoms with Gasteiger partial charge in [0.1, 0.15) is 0 Å². The van der Waals surface area contributed by atoms with Gasteiger partial charge in [0, 0.05) is 5.38 Å². The fourth-order valence-electron chi connectivity index (χ4n) is 3.70. The number of alkyl halides is 1. The Kier molecular flexibility index (Phi) is 4.95. The first-order valence-electron chi connectivity index (χ1n) is 7.72. The van der Waals surface area contributed by atoms with Crippen molar-refractivity contribution in [3.63, 3.8) is 0 Å². The van der Waals surface area contributed by atoms with Gasteiger partial charge in [-0.2, -0.15) is 0 Å². The Morgan fingerprint density at radius 3 is 2.32 bits per heavy atom. The minimum Gasteiger partial charge on any atom is -0.123 e. The van der Waals surface area contributed by atoms with Crippen LogP contribution in [0.4, 0.5) is 0 Å². The highest BCUT2D eigenvalue weighted by atomic mass is 35.5. The van der Waals surface area contributed by atoms with E-state index in [2.05, 4.69) is 39.8 Å². The fourth-order valence-corrected chi connectivity index (χ4v) is 4.02. The number of benzene rings is 1. The quantitative estimate of drug-likeness (QED) is 0.633. The summed E-state index contributed by atoms with van der Waals surface area (Å²) in [6, 6.07) is 4.62. The van der Waals surface area contributed by atoms with Gasteiger partial charge in [0.05, 0.1) is 0 Å². The summed E-state index contributed by atoms with van der Waals surface area (Å²) < 4.78 is 0. The fraction of sp³-hybridized carbons (Fsp3) is 0.667. The van der Waals surface area contributed by atoms with Crippen LogP contribution in [0.3, 0.4) is 0 Å². The van der Waals surface area contributed by atoms with Gasteiger partial charge >= 0.3 is 0 Å². The molecule has 19 heavy (non-hydrogen) atoms. The number of aryl methyl sites for hydroxylation is 3. The van der Waals surface area contributed by atoms with Crippen molar-refractivity contribution in [2.45, 2.75) is 65.2 Å². The summed E-state index contributed by atoms with van der Waals surface area (Å²) in [6.07, 6.45) is 6.33.